The fourth-order valence-corrected chi connectivity index (χ4v) is 8.37. The molecule has 9 heteroatoms. The minimum atomic E-state index is -3.69. The van der Waals surface area contributed by atoms with Crippen LogP contribution in [0.4, 0.5) is 8.78 Å². The Labute approximate surface area is 214 Å². The van der Waals surface area contributed by atoms with Crippen molar-refractivity contribution in [3.8, 4) is 0 Å². The summed E-state index contributed by atoms with van der Waals surface area (Å²) in [6, 6.07) is -0.0800. The van der Waals surface area contributed by atoms with Crippen LogP contribution in [-0.2, 0) is 14.6 Å². The number of carbonyl (C=O) groups is 1. The highest BCUT2D eigenvalue weighted by atomic mass is 35.5. The third-order valence-electron chi connectivity index (χ3n) is 7.96. The number of nitrogens with one attached hydrogen (secondary N) is 1. The van der Waals surface area contributed by atoms with E-state index in [1.165, 1.54) is 11.1 Å². The third-order valence-corrected chi connectivity index (χ3v) is 10.4. The molecule has 3 aliphatic carbocycles. The quantitative estimate of drug-likeness (QED) is 0.165. The highest BCUT2D eigenvalue weighted by molar-refractivity contribution is 8.04. The van der Waals surface area contributed by atoms with Crippen molar-refractivity contribution in [1.29, 1.82) is 0 Å². The predicted octanol–water partition coefficient (Wildman–Crippen LogP) is 4.97. The largest absolute Gasteiger partial charge is 0.353 e. The molecule has 3 aliphatic rings. The van der Waals surface area contributed by atoms with Gasteiger partial charge in [0.1, 0.15) is 31.2 Å². The molecule has 200 valence electrons. The van der Waals surface area contributed by atoms with Gasteiger partial charge in [-0.2, -0.15) is 0 Å². The molecule has 0 radical (unpaired) electrons. The van der Waals surface area contributed by atoms with Crippen molar-refractivity contribution in [2.24, 2.45) is 17.8 Å². The van der Waals surface area contributed by atoms with Gasteiger partial charge >= 0.3 is 0 Å². The molecule has 0 aliphatic heterocycles. The van der Waals surface area contributed by atoms with Crippen molar-refractivity contribution in [3.63, 3.8) is 0 Å². The third kappa shape index (κ3) is 7.50. The monoisotopic (exact) mass is 535 g/mol. The molecular formula is C26H42ClF2N2O3S+. The van der Waals surface area contributed by atoms with E-state index < -0.39 is 38.7 Å². The Kier molecular flexibility index (Phi) is 10.2. The molecule has 5 nitrogen and oxygen atoms in total. The molecule has 3 saturated carbocycles. The van der Waals surface area contributed by atoms with Crippen LogP contribution in [0.25, 0.3) is 0 Å². The van der Waals surface area contributed by atoms with E-state index in [1.807, 2.05) is 13.8 Å². The number of hydrogen-bond acceptors (Lipinski definition) is 3. The normalized spacial score (nSPS) is 38.3. The highest BCUT2D eigenvalue weighted by Crippen LogP contribution is 2.34. The second-order valence-electron chi connectivity index (χ2n) is 11.0. The maximum atomic E-state index is 14.4. The highest BCUT2D eigenvalue weighted by Gasteiger charge is 2.41. The molecule has 0 bridgehead atoms. The van der Waals surface area contributed by atoms with Crippen LogP contribution >= 0.6 is 11.6 Å². The van der Waals surface area contributed by atoms with Crippen LogP contribution < -0.4 is 5.32 Å². The van der Waals surface area contributed by atoms with Crippen molar-refractivity contribution in [3.05, 3.63) is 11.6 Å². The zero-order valence-corrected chi connectivity index (χ0v) is 22.8. The lowest BCUT2D eigenvalue weighted by molar-refractivity contribution is -0.497. The van der Waals surface area contributed by atoms with Crippen LogP contribution in [0.15, 0.2) is 11.6 Å². The van der Waals surface area contributed by atoms with E-state index in [2.05, 4.69) is 11.4 Å². The molecule has 0 aromatic heterocycles. The molecule has 8 atom stereocenters. The van der Waals surface area contributed by atoms with Gasteiger partial charge in [0, 0.05) is 17.3 Å². The molecule has 0 spiro atoms. The number of alkyl halides is 3. The van der Waals surface area contributed by atoms with E-state index in [0.717, 1.165) is 25.7 Å². The van der Waals surface area contributed by atoms with Crippen LogP contribution in [0.1, 0.15) is 78.1 Å². The molecule has 0 heterocycles. The first-order valence-electron chi connectivity index (χ1n) is 13.2. The maximum absolute atomic E-state index is 14.4. The average molecular weight is 536 g/mol. The number of sulfone groups is 1. The van der Waals surface area contributed by atoms with Gasteiger partial charge in [0.15, 0.2) is 0 Å². The Balaban J connectivity index is 1.63. The Morgan fingerprint density at radius 3 is 2.57 bits per heavy atom. The number of rotatable bonds is 7. The number of nitrogens with zero attached hydrogens (tertiary/aromatic N) is 1. The van der Waals surface area contributed by atoms with Crippen molar-refractivity contribution in [2.75, 3.05) is 13.6 Å². The first-order valence-corrected chi connectivity index (χ1v) is 15.3. The average Bonchev–Trinajstić information content (AvgIpc) is 2.77. The Morgan fingerprint density at radius 2 is 1.89 bits per heavy atom. The summed E-state index contributed by atoms with van der Waals surface area (Å²) in [5.41, 5.74) is 2.41. The summed E-state index contributed by atoms with van der Waals surface area (Å²) >= 11 is 6.28. The summed E-state index contributed by atoms with van der Waals surface area (Å²) in [6.07, 6.45) is 5.80. The van der Waals surface area contributed by atoms with Crippen molar-refractivity contribution in [2.45, 2.75) is 107 Å². The zero-order chi connectivity index (χ0) is 25.8. The summed E-state index contributed by atoms with van der Waals surface area (Å²) in [5.74, 6) is -0.735. The predicted molar refractivity (Wildman–Crippen MR) is 137 cm³/mol. The van der Waals surface area contributed by atoms with Crippen molar-refractivity contribution < 1.29 is 26.6 Å². The van der Waals surface area contributed by atoms with Crippen LogP contribution in [0.2, 0.25) is 0 Å². The van der Waals surface area contributed by atoms with Gasteiger partial charge in [-0.25, -0.2) is 21.8 Å². The molecule has 8 unspecified atom stereocenters. The van der Waals surface area contributed by atoms with Gasteiger partial charge in [0.05, 0.1) is 5.92 Å². The van der Waals surface area contributed by atoms with Gasteiger partial charge in [0.2, 0.25) is 15.7 Å². The van der Waals surface area contributed by atoms with E-state index in [0.29, 0.717) is 45.1 Å². The van der Waals surface area contributed by atoms with Crippen LogP contribution in [0.3, 0.4) is 0 Å². The molecular weight excluding hydrogens is 494 g/mol. The minimum absolute atomic E-state index is 0.0800. The SMILES string of the molecule is CCC=C1CC(NC(=O)C2C(F)CCCC2Cl)CCC1C[N+](C)=CS(=O)(=O)C1CC(C)CCC1F. The summed E-state index contributed by atoms with van der Waals surface area (Å²) < 4.78 is 56.4. The van der Waals surface area contributed by atoms with E-state index in [1.54, 1.807) is 11.6 Å². The Hall–Kier alpha value is -1.02. The molecule has 1 N–H and O–H groups in total. The van der Waals surface area contributed by atoms with E-state index in [9.17, 15) is 22.0 Å². The first kappa shape index (κ1) is 28.5. The van der Waals surface area contributed by atoms with Gasteiger partial charge in [0.25, 0.3) is 5.55 Å². The lowest BCUT2D eigenvalue weighted by Gasteiger charge is -2.34. The molecule has 35 heavy (non-hydrogen) atoms. The van der Waals surface area contributed by atoms with Crippen LogP contribution in [0, 0.1) is 17.8 Å². The van der Waals surface area contributed by atoms with Crippen molar-refractivity contribution >= 4 is 32.9 Å². The Morgan fingerprint density at radius 1 is 1.14 bits per heavy atom. The summed E-state index contributed by atoms with van der Waals surface area (Å²) in [7, 11) is -1.96. The van der Waals surface area contributed by atoms with Gasteiger partial charge in [-0.15, -0.1) is 11.6 Å². The number of hydrogen-bond donors (Lipinski definition) is 1. The first-order chi connectivity index (χ1) is 16.5. The molecule has 1 amide bonds. The summed E-state index contributed by atoms with van der Waals surface area (Å²) in [5, 5.41) is 1.61. The van der Waals surface area contributed by atoms with Gasteiger partial charge in [-0.1, -0.05) is 25.5 Å². The molecule has 0 aromatic rings. The number of carbonyl (C=O) groups excluding carboxylic acids is 1. The number of halogens is 3. The fourth-order valence-electron chi connectivity index (χ4n) is 6.06. The molecule has 3 rings (SSSR count). The van der Waals surface area contributed by atoms with Crippen molar-refractivity contribution in [1.82, 2.24) is 5.32 Å². The molecule has 0 aromatic carbocycles. The maximum Gasteiger partial charge on any atom is 0.255 e. The topological polar surface area (TPSA) is 66.2 Å². The van der Waals surface area contributed by atoms with E-state index in [4.69, 9.17) is 11.6 Å². The van der Waals surface area contributed by atoms with E-state index in [-0.39, 0.29) is 23.8 Å². The zero-order valence-electron chi connectivity index (χ0n) is 21.3. The van der Waals surface area contributed by atoms with Gasteiger partial charge in [-0.05, 0) is 70.1 Å². The van der Waals surface area contributed by atoms with Gasteiger partial charge in [-0.3, -0.25) is 4.79 Å². The number of allylic oxidation sites excluding steroid dienone is 1. The van der Waals surface area contributed by atoms with Crippen LogP contribution in [-0.4, -0.2) is 67.1 Å². The van der Waals surface area contributed by atoms with Crippen LogP contribution in [0.5, 0.6) is 0 Å². The molecule has 0 saturated heterocycles. The lowest BCUT2D eigenvalue weighted by atomic mass is 9.80. The second-order valence-corrected chi connectivity index (χ2v) is 13.5. The Bertz CT molecular complexity index is 900. The fraction of sp³-hybridized carbons (Fsp3) is 0.846. The van der Waals surface area contributed by atoms with Gasteiger partial charge < -0.3 is 5.32 Å². The standard InChI is InChI=1S/C26H41ClF2N2O3S/c1-4-6-18-14-20(30-26(32)25-21(27)7-5-8-23(25)29)11-10-19(18)15-31(3)16-35(33,34)24-13-17(2)9-12-22(24)28/h6,16-17,19-25H,4-5,7-15H2,1-3H3/p+1. The minimum Gasteiger partial charge on any atom is -0.353 e. The van der Waals surface area contributed by atoms with E-state index >= 15 is 0 Å². The summed E-state index contributed by atoms with van der Waals surface area (Å²) in [4.78, 5) is 12.8. The number of amides is 1. The molecule has 3 fully saturated rings. The summed E-state index contributed by atoms with van der Waals surface area (Å²) in [6.45, 7) is 4.54. The smallest absolute Gasteiger partial charge is 0.255 e. The lowest BCUT2D eigenvalue weighted by Crippen LogP contribution is -2.48. The second kappa shape index (κ2) is 12.5.